The van der Waals surface area contributed by atoms with Crippen LogP contribution in [0.2, 0.25) is 0 Å². The fourth-order valence-electron chi connectivity index (χ4n) is 1.96. The van der Waals surface area contributed by atoms with E-state index in [1.807, 2.05) is 0 Å². The Morgan fingerprint density at radius 2 is 2.05 bits per heavy atom. The summed E-state index contributed by atoms with van der Waals surface area (Å²) in [6, 6.07) is 4.66. The third kappa shape index (κ3) is 4.24. The second-order valence-corrected chi connectivity index (χ2v) is 5.04. The number of carboxylic acids is 1. The number of carbonyl (C=O) groups is 2. The van der Waals surface area contributed by atoms with E-state index in [4.69, 9.17) is 9.84 Å². The fraction of sp³-hybridized carbons (Fsp3) is 0.429. The Hall–Kier alpha value is -2.08. The molecule has 0 bridgehead atoms. The normalized spacial score (nSPS) is 13.6. The van der Waals surface area contributed by atoms with E-state index in [1.165, 1.54) is 19.2 Å². The molecule has 0 heterocycles. The Morgan fingerprint density at radius 3 is 2.55 bits per heavy atom. The molecule has 1 unspecified atom stereocenters. The van der Waals surface area contributed by atoms with Gasteiger partial charge in [0.05, 0.1) is 24.1 Å². The molecule has 1 atom stereocenters. The molecule has 20 heavy (non-hydrogen) atoms. The Morgan fingerprint density at radius 1 is 1.40 bits per heavy atom. The van der Waals surface area contributed by atoms with Gasteiger partial charge in [-0.2, -0.15) is 0 Å². The predicted molar refractivity (Wildman–Crippen MR) is 72.8 cm³/mol. The summed E-state index contributed by atoms with van der Waals surface area (Å²) in [4.78, 5) is 23.0. The number of ether oxygens (including phenoxy) is 1. The van der Waals surface area contributed by atoms with Crippen molar-refractivity contribution in [3.63, 3.8) is 0 Å². The number of carbonyl (C=O) groups excluding carboxylic acids is 1. The zero-order chi connectivity index (χ0) is 15.3. The minimum Gasteiger partial charge on any atom is -0.507 e. The number of aromatic hydroxyl groups is 1. The van der Waals surface area contributed by atoms with E-state index >= 15 is 0 Å². The Labute approximate surface area is 117 Å². The van der Waals surface area contributed by atoms with Gasteiger partial charge >= 0.3 is 5.97 Å². The first-order valence-corrected chi connectivity index (χ1v) is 6.10. The minimum atomic E-state index is -1.05. The van der Waals surface area contributed by atoms with Crippen LogP contribution >= 0.6 is 0 Å². The van der Waals surface area contributed by atoms with E-state index in [-0.39, 0.29) is 24.3 Å². The van der Waals surface area contributed by atoms with Crippen molar-refractivity contribution >= 4 is 11.9 Å². The topological polar surface area (TPSA) is 95.9 Å². The maximum absolute atomic E-state index is 12.1. The standard InChI is InChI=1S/C14H19NO5/c1-9-4-5-10(11(16)6-9)13(19)15-14(2,8-20-3)7-12(17)18/h4-6,16H,7-8H2,1-3H3,(H,15,19)(H,17,18). The number of aliphatic carboxylic acids is 1. The highest BCUT2D eigenvalue weighted by atomic mass is 16.5. The Kier molecular flexibility index (Phi) is 5.10. The molecule has 1 aromatic carbocycles. The van der Waals surface area contributed by atoms with E-state index in [9.17, 15) is 14.7 Å². The van der Waals surface area contributed by atoms with Gasteiger partial charge in [0.2, 0.25) is 0 Å². The summed E-state index contributed by atoms with van der Waals surface area (Å²) < 4.78 is 4.95. The van der Waals surface area contributed by atoms with E-state index in [0.717, 1.165) is 5.56 Å². The summed E-state index contributed by atoms with van der Waals surface area (Å²) in [7, 11) is 1.43. The van der Waals surface area contributed by atoms with Gasteiger partial charge in [-0.25, -0.2) is 0 Å². The molecule has 0 aliphatic rings. The van der Waals surface area contributed by atoms with Crippen LogP contribution in [0.5, 0.6) is 5.75 Å². The van der Waals surface area contributed by atoms with Crippen LogP contribution in [0.3, 0.4) is 0 Å². The van der Waals surface area contributed by atoms with Crippen molar-refractivity contribution in [2.75, 3.05) is 13.7 Å². The van der Waals surface area contributed by atoms with Crippen LogP contribution in [0.15, 0.2) is 18.2 Å². The van der Waals surface area contributed by atoms with Crippen LogP contribution in [-0.2, 0) is 9.53 Å². The number of hydrogen-bond acceptors (Lipinski definition) is 4. The zero-order valence-electron chi connectivity index (χ0n) is 11.8. The molecule has 0 aliphatic carbocycles. The van der Waals surface area contributed by atoms with Crippen molar-refractivity contribution in [2.45, 2.75) is 25.8 Å². The molecule has 6 heteroatoms. The molecule has 1 aromatic rings. The number of hydrogen-bond donors (Lipinski definition) is 3. The van der Waals surface area contributed by atoms with Crippen molar-refractivity contribution in [3.8, 4) is 5.75 Å². The summed E-state index contributed by atoms with van der Waals surface area (Å²) >= 11 is 0. The first-order valence-electron chi connectivity index (χ1n) is 6.10. The highest BCUT2D eigenvalue weighted by Crippen LogP contribution is 2.20. The zero-order valence-corrected chi connectivity index (χ0v) is 11.8. The fourth-order valence-corrected chi connectivity index (χ4v) is 1.96. The van der Waals surface area contributed by atoms with Crippen LogP contribution in [0.4, 0.5) is 0 Å². The lowest BCUT2D eigenvalue weighted by Crippen LogP contribution is -2.50. The van der Waals surface area contributed by atoms with E-state index in [2.05, 4.69) is 5.32 Å². The first kappa shape index (κ1) is 16.0. The number of aryl methyl sites for hydroxylation is 1. The molecule has 0 aliphatic heterocycles. The van der Waals surface area contributed by atoms with Gasteiger partial charge in [0, 0.05) is 7.11 Å². The first-order chi connectivity index (χ1) is 9.27. The summed E-state index contributed by atoms with van der Waals surface area (Å²) in [5.41, 5.74) is -0.123. The Bertz CT molecular complexity index is 514. The van der Waals surface area contributed by atoms with E-state index < -0.39 is 17.4 Å². The predicted octanol–water partition coefficient (Wildman–Crippen LogP) is 1.31. The molecule has 3 N–H and O–H groups in total. The SMILES string of the molecule is COCC(C)(CC(=O)O)NC(=O)c1ccc(C)cc1O. The number of carboxylic acid groups (broad SMARTS) is 1. The smallest absolute Gasteiger partial charge is 0.305 e. The molecular weight excluding hydrogens is 262 g/mol. The van der Waals surface area contributed by atoms with Gasteiger partial charge in [0.25, 0.3) is 5.91 Å². The van der Waals surface area contributed by atoms with Crippen LogP contribution in [0.25, 0.3) is 0 Å². The molecular formula is C14H19NO5. The van der Waals surface area contributed by atoms with Crippen molar-refractivity contribution in [1.82, 2.24) is 5.32 Å². The van der Waals surface area contributed by atoms with Gasteiger partial charge in [-0.05, 0) is 31.5 Å². The van der Waals surface area contributed by atoms with E-state index in [1.54, 1.807) is 19.9 Å². The van der Waals surface area contributed by atoms with Crippen molar-refractivity contribution in [3.05, 3.63) is 29.3 Å². The van der Waals surface area contributed by atoms with Gasteiger partial charge in [-0.3, -0.25) is 9.59 Å². The van der Waals surface area contributed by atoms with Gasteiger partial charge in [-0.1, -0.05) is 6.07 Å². The minimum absolute atomic E-state index is 0.0532. The lowest BCUT2D eigenvalue weighted by Gasteiger charge is -2.28. The van der Waals surface area contributed by atoms with Crippen LogP contribution < -0.4 is 5.32 Å². The Balaban J connectivity index is 2.93. The van der Waals surface area contributed by atoms with Gasteiger partial charge in [-0.15, -0.1) is 0 Å². The van der Waals surface area contributed by atoms with Crippen molar-refractivity contribution in [2.24, 2.45) is 0 Å². The molecule has 110 valence electrons. The van der Waals surface area contributed by atoms with Crippen LogP contribution in [0, 0.1) is 6.92 Å². The van der Waals surface area contributed by atoms with Gasteiger partial charge in [0.1, 0.15) is 5.75 Å². The lowest BCUT2D eigenvalue weighted by molar-refractivity contribution is -0.139. The molecule has 0 saturated carbocycles. The highest BCUT2D eigenvalue weighted by Gasteiger charge is 2.30. The van der Waals surface area contributed by atoms with E-state index in [0.29, 0.717) is 0 Å². The summed E-state index contributed by atoms with van der Waals surface area (Å²) in [6.07, 6.45) is -0.279. The molecule has 0 fully saturated rings. The van der Waals surface area contributed by atoms with Crippen molar-refractivity contribution in [1.29, 1.82) is 0 Å². The molecule has 0 radical (unpaired) electrons. The maximum Gasteiger partial charge on any atom is 0.305 e. The monoisotopic (exact) mass is 281 g/mol. The maximum atomic E-state index is 12.1. The van der Waals surface area contributed by atoms with Crippen molar-refractivity contribution < 1.29 is 24.5 Å². The number of benzene rings is 1. The molecule has 0 saturated heterocycles. The number of rotatable bonds is 6. The summed E-state index contributed by atoms with van der Waals surface area (Å²) in [6.45, 7) is 3.42. The molecule has 1 rings (SSSR count). The van der Waals surface area contributed by atoms with Crippen LogP contribution in [0.1, 0.15) is 29.3 Å². The third-order valence-corrected chi connectivity index (χ3v) is 2.82. The number of phenols is 1. The molecule has 0 aromatic heterocycles. The molecule has 1 amide bonds. The summed E-state index contributed by atoms with van der Waals surface area (Å²) in [5.74, 6) is -1.72. The van der Waals surface area contributed by atoms with Gasteiger partial charge in [0.15, 0.2) is 0 Å². The highest BCUT2D eigenvalue weighted by molar-refractivity contribution is 5.97. The number of nitrogens with one attached hydrogen (secondary N) is 1. The number of phenolic OH excluding ortho intramolecular Hbond substituents is 1. The average Bonchev–Trinajstić information content (AvgIpc) is 2.26. The third-order valence-electron chi connectivity index (χ3n) is 2.82. The molecule has 6 nitrogen and oxygen atoms in total. The van der Waals surface area contributed by atoms with Gasteiger partial charge < -0.3 is 20.3 Å². The quantitative estimate of drug-likeness (QED) is 0.730. The average molecular weight is 281 g/mol. The second kappa shape index (κ2) is 6.38. The number of methoxy groups -OCH3 is 1. The largest absolute Gasteiger partial charge is 0.507 e. The lowest BCUT2D eigenvalue weighted by atomic mass is 9.98. The summed E-state index contributed by atoms with van der Waals surface area (Å²) in [5, 5.41) is 21.3. The second-order valence-electron chi connectivity index (χ2n) is 5.04. The molecule has 0 spiro atoms. The van der Waals surface area contributed by atoms with Crippen LogP contribution in [-0.4, -0.2) is 41.3 Å². The number of amides is 1.